The van der Waals surface area contributed by atoms with Gasteiger partial charge in [0.2, 0.25) is 5.78 Å². The molecule has 7 N–H and O–H groups in total. The summed E-state index contributed by atoms with van der Waals surface area (Å²) in [6.07, 6.45) is 0.935. The highest BCUT2D eigenvalue weighted by Crippen LogP contribution is 2.55. The van der Waals surface area contributed by atoms with E-state index in [-0.39, 0.29) is 23.3 Å². The predicted molar refractivity (Wildman–Crippen MR) is 110 cm³/mol. The maximum Gasteiger partial charge on any atom is 0.255 e. The second kappa shape index (κ2) is 7.03. The lowest BCUT2D eigenvalue weighted by molar-refractivity contribution is -0.164. The minimum Gasteiger partial charge on any atom is -0.512 e. The average molecular weight is 446 g/mol. The summed E-state index contributed by atoms with van der Waals surface area (Å²) < 4.78 is 0. The minimum absolute atomic E-state index is 0.0169. The number of carbonyl (C=O) groups excluding carboxylic acids is 3. The van der Waals surface area contributed by atoms with Gasteiger partial charge in [-0.25, -0.2) is 0 Å². The Morgan fingerprint density at radius 3 is 2.41 bits per heavy atom. The first-order valence-corrected chi connectivity index (χ1v) is 10.3. The highest BCUT2D eigenvalue weighted by molar-refractivity contribution is 6.25. The van der Waals surface area contributed by atoms with Crippen LogP contribution in [-0.2, 0) is 14.4 Å². The van der Waals surface area contributed by atoms with Gasteiger partial charge < -0.3 is 31.3 Å². The molecule has 0 spiro atoms. The molecule has 0 radical (unpaired) electrons. The average Bonchev–Trinajstić information content (AvgIpc) is 2.70. The molecular weight excluding hydrogens is 420 g/mol. The van der Waals surface area contributed by atoms with Crippen molar-refractivity contribution < 1.29 is 39.9 Å². The molecule has 0 bridgehead atoms. The van der Waals surface area contributed by atoms with Gasteiger partial charge in [0, 0.05) is 17.9 Å². The number of ketones is 2. The minimum atomic E-state index is -2.88. The second-order valence-corrected chi connectivity index (χ2v) is 9.07. The maximum atomic E-state index is 13.4. The number of carbonyl (C=O) groups is 3. The number of likely N-dealkylation sites (N-methyl/N-ethyl adjacent to an activating group) is 1. The zero-order valence-corrected chi connectivity index (χ0v) is 17.9. The molecule has 4 rings (SSSR count). The van der Waals surface area contributed by atoms with E-state index in [2.05, 4.69) is 0 Å². The number of fused-ring (bicyclic) bond motifs is 3. The fourth-order valence-electron chi connectivity index (χ4n) is 5.83. The number of hydrogen-bond acceptors (Lipinski definition) is 9. The largest absolute Gasteiger partial charge is 0.512 e. The Balaban J connectivity index is 2.04. The summed E-state index contributed by atoms with van der Waals surface area (Å²) in [4.78, 5) is 39.9. The molecule has 0 aliphatic heterocycles. The lowest BCUT2D eigenvalue weighted by Gasteiger charge is -2.54. The Kier molecular flexibility index (Phi) is 4.89. The van der Waals surface area contributed by atoms with Gasteiger partial charge in [-0.1, -0.05) is 13.0 Å². The molecule has 0 heterocycles. The summed E-state index contributed by atoms with van der Waals surface area (Å²) in [5, 5.41) is 55.2. The fraction of sp³-hybridized carbons (Fsp3) is 0.500. The van der Waals surface area contributed by atoms with Gasteiger partial charge in [-0.15, -0.1) is 0 Å². The van der Waals surface area contributed by atoms with E-state index in [1.807, 2.05) is 0 Å². The first kappa shape index (κ1) is 22.3. The molecule has 4 aliphatic rings. The van der Waals surface area contributed by atoms with Crippen LogP contribution in [0.5, 0.6) is 0 Å². The first-order valence-electron chi connectivity index (χ1n) is 10.3. The summed E-state index contributed by atoms with van der Waals surface area (Å²) in [6, 6.07) is -1.26. The van der Waals surface area contributed by atoms with Crippen LogP contribution in [-0.4, -0.2) is 79.7 Å². The molecule has 6 atom stereocenters. The number of nitrogens with zero attached hydrogens (tertiary/aromatic N) is 1. The van der Waals surface area contributed by atoms with Gasteiger partial charge in [0.05, 0.1) is 23.6 Å². The van der Waals surface area contributed by atoms with Crippen LogP contribution in [0.1, 0.15) is 19.8 Å². The van der Waals surface area contributed by atoms with Crippen molar-refractivity contribution in [2.75, 3.05) is 14.1 Å². The Morgan fingerprint density at radius 1 is 1.22 bits per heavy atom. The molecule has 10 heteroatoms. The van der Waals surface area contributed by atoms with Crippen molar-refractivity contribution in [2.24, 2.45) is 23.5 Å². The summed E-state index contributed by atoms with van der Waals surface area (Å²) in [5.41, 5.74) is 1.61. The number of aliphatic hydroxyl groups excluding tert-OH is 4. The van der Waals surface area contributed by atoms with Gasteiger partial charge in [-0.3, -0.25) is 19.3 Å². The lowest BCUT2D eigenvalue weighted by atomic mass is 9.54. The van der Waals surface area contributed by atoms with Gasteiger partial charge in [0.15, 0.2) is 11.4 Å². The molecule has 32 heavy (non-hydrogen) atoms. The number of rotatable bonds is 2. The Bertz CT molecular complexity index is 1080. The van der Waals surface area contributed by atoms with E-state index in [1.54, 1.807) is 13.0 Å². The summed E-state index contributed by atoms with van der Waals surface area (Å²) >= 11 is 0. The van der Waals surface area contributed by atoms with Crippen LogP contribution < -0.4 is 5.73 Å². The van der Waals surface area contributed by atoms with E-state index in [9.17, 15) is 39.9 Å². The molecule has 10 nitrogen and oxygen atoms in total. The Hall–Kier alpha value is -2.95. The molecular formula is C22H26N2O8. The molecule has 0 aromatic heterocycles. The lowest BCUT2D eigenvalue weighted by Crippen LogP contribution is -2.68. The highest BCUT2D eigenvalue weighted by Gasteiger charge is 2.67. The highest BCUT2D eigenvalue weighted by atomic mass is 16.4. The monoisotopic (exact) mass is 446 g/mol. The number of primary amides is 1. The SMILES string of the molecule is CC1C2=CCCC(O)=C2C(=O)C2=C(O)C3(O)C(=O)C(C(N)=O)=C(O)C(N(C)C)C3C(O)C21. The summed E-state index contributed by atoms with van der Waals surface area (Å²) in [5.74, 6) is -8.47. The van der Waals surface area contributed by atoms with Gasteiger partial charge >= 0.3 is 0 Å². The third kappa shape index (κ3) is 2.54. The zero-order chi connectivity index (χ0) is 23.9. The smallest absolute Gasteiger partial charge is 0.255 e. The van der Waals surface area contributed by atoms with Crippen LogP contribution in [0.3, 0.4) is 0 Å². The number of Topliss-reactive ketones (excluding diaryl/α,β-unsaturated/α-hetero) is 2. The van der Waals surface area contributed by atoms with Crippen LogP contribution >= 0.6 is 0 Å². The number of aliphatic hydroxyl groups is 5. The van der Waals surface area contributed by atoms with Crippen LogP contribution in [0.2, 0.25) is 0 Å². The quantitative estimate of drug-likeness (QED) is 0.310. The van der Waals surface area contributed by atoms with Gasteiger partial charge in [-0.05, 0) is 32.0 Å². The van der Waals surface area contributed by atoms with E-state index < -0.39 is 70.1 Å². The molecule has 1 saturated carbocycles. The van der Waals surface area contributed by atoms with Gasteiger partial charge in [0.25, 0.3) is 5.91 Å². The van der Waals surface area contributed by atoms with E-state index >= 15 is 0 Å². The second-order valence-electron chi connectivity index (χ2n) is 9.07. The van der Waals surface area contributed by atoms with Crippen molar-refractivity contribution in [1.29, 1.82) is 0 Å². The van der Waals surface area contributed by atoms with Crippen molar-refractivity contribution in [3.63, 3.8) is 0 Å². The molecule has 6 unspecified atom stereocenters. The van der Waals surface area contributed by atoms with E-state index in [1.165, 1.54) is 19.0 Å². The van der Waals surface area contributed by atoms with E-state index in [0.717, 1.165) is 0 Å². The molecule has 1 amide bonds. The molecule has 1 fully saturated rings. The first-order chi connectivity index (χ1) is 14.9. The molecule has 0 aromatic carbocycles. The molecule has 4 aliphatic carbocycles. The van der Waals surface area contributed by atoms with Crippen molar-refractivity contribution >= 4 is 17.5 Å². The number of hydrogen-bond donors (Lipinski definition) is 6. The van der Waals surface area contributed by atoms with Crippen molar-refractivity contribution in [3.8, 4) is 0 Å². The predicted octanol–water partition coefficient (Wildman–Crippen LogP) is -0.302. The molecule has 172 valence electrons. The fourth-order valence-corrected chi connectivity index (χ4v) is 5.83. The Morgan fingerprint density at radius 2 is 1.84 bits per heavy atom. The molecule has 0 saturated heterocycles. The van der Waals surface area contributed by atoms with Crippen LogP contribution in [0.4, 0.5) is 0 Å². The maximum absolute atomic E-state index is 13.4. The van der Waals surface area contributed by atoms with Gasteiger partial charge in [-0.2, -0.15) is 0 Å². The van der Waals surface area contributed by atoms with Crippen molar-refractivity contribution in [3.05, 3.63) is 45.6 Å². The van der Waals surface area contributed by atoms with Crippen LogP contribution in [0, 0.1) is 17.8 Å². The van der Waals surface area contributed by atoms with Gasteiger partial charge in [0.1, 0.15) is 22.9 Å². The third-order valence-electron chi connectivity index (χ3n) is 7.24. The van der Waals surface area contributed by atoms with Crippen molar-refractivity contribution in [2.45, 2.75) is 37.5 Å². The number of nitrogens with two attached hydrogens (primary N) is 1. The normalized spacial score (nSPS) is 37.3. The number of amides is 1. The van der Waals surface area contributed by atoms with Crippen molar-refractivity contribution in [1.82, 2.24) is 4.90 Å². The Labute approximate surface area is 183 Å². The molecule has 0 aromatic rings. The van der Waals surface area contributed by atoms with E-state index in [4.69, 9.17) is 5.73 Å². The third-order valence-corrected chi connectivity index (χ3v) is 7.24. The van der Waals surface area contributed by atoms with E-state index in [0.29, 0.717) is 12.0 Å². The summed E-state index contributed by atoms with van der Waals surface area (Å²) in [6.45, 7) is 1.71. The topological polar surface area (TPSA) is 182 Å². The number of allylic oxidation sites excluding steroid dienone is 4. The van der Waals surface area contributed by atoms with Crippen LogP contribution in [0.25, 0.3) is 0 Å². The van der Waals surface area contributed by atoms with Crippen LogP contribution in [0.15, 0.2) is 45.6 Å². The summed E-state index contributed by atoms with van der Waals surface area (Å²) in [7, 11) is 2.99. The zero-order valence-electron chi connectivity index (χ0n) is 17.9. The standard InChI is InChI=1S/C22H26N2O8/c1-7-8-5-4-6-9(25)11(8)16(26)12-10(7)17(27)14-15(24(2)3)18(28)13(21(23)31)20(30)22(14,32)19(12)29/h5,7,10,14-15,17,25,27-29,32H,4,6H2,1-3H3,(H2,23,31).